The summed E-state index contributed by atoms with van der Waals surface area (Å²) in [5.74, 6) is -0.507. The first kappa shape index (κ1) is 8.05. The van der Waals surface area contributed by atoms with Crippen LogP contribution in [0.4, 0.5) is 4.39 Å². The molecule has 0 aliphatic heterocycles. The SMILES string of the molecule is CC(C)c1ccc(F)c(O)c1. The molecule has 0 heterocycles. The van der Waals surface area contributed by atoms with Crippen LogP contribution in [0.2, 0.25) is 0 Å². The monoisotopic (exact) mass is 154 g/mol. The van der Waals surface area contributed by atoms with Gasteiger partial charge in [0.25, 0.3) is 0 Å². The Morgan fingerprint density at radius 2 is 2.00 bits per heavy atom. The minimum Gasteiger partial charge on any atom is -0.505 e. The Labute approximate surface area is 65.5 Å². The number of phenols is 1. The Kier molecular flexibility index (Phi) is 2.13. The molecule has 0 radical (unpaired) electrons. The lowest BCUT2D eigenvalue weighted by Crippen LogP contribution is -1.87. The fraction of sp³-hybridized carbons (Fsp3) is 0.333. The van der Waals surface area contributed by atoms with Crippen molar-refractivity contribution in [2.75, 3.05) is 0 Å². The predicted molar refractivity (Wildman–Crippen MR) is 42.2 cm³/mol. The molecule has 1 aromatic carbocycles. The second-order valence-corrected chi connectivity index (χ2v) is 2.87. The van der Waals surface area contributed by atoms with Crippen LogP contribution in [0, 0.1) is 5.82 Å². The van der Waals surface area contributed by atoms with Gasteiger partial charge in [-0.05, 0) is 23.6 Å². The molecule has 0 aliphatic rings. The van der Waals surface area contributed by atoms with Gasteiger partial charge in [-0.1, -0.05) is 19.9 Å². The van der Waals surface area contributed by atoms with Crippen molar-refractivity contribution in [1.82, 2.24) is 0 Å². The molecule has 1 rings (SSSR count). The molecule has 0 fully saturated rings. The fourth-order valence-corrected chi connectivity index (χ4v) is 0.889. The highest BCUT2D eigenvalue weighted by Crippen LogP contribution is 2.21. The molecule has 1 N–H and O–H groups in total. The van der Waals surface area contributed by atoms with Crippen LogP contribution >= 0.6 is 0 Å². The maximum absolute atomic E-state index is 12.5. The summed E-state index contributed by atoms with van der Waals surface area (Å²) in [6.07, 6.45) is 0. The van der Waals surface area contributed by atoms with Gasteiger partial charge in [0.1, 0.15) is 0 Å². The summed E-state index contributed by atoms with van der Waals surface area (Å²) in [4.78, 5) is 0. The number of hydrogen-bond donors (Lipinski definition) is 1. The molecular weight excluding hydrogens is 143 g/mol. The van der Waals surface area contributed by atoms with Gasteiger partial charge >= 0.3 is 0 Å². The molecule has 0 saturated carbocycles. The van der Waals surface area contributed by atoms with E-state index in [2.05, 4.69) is 0 Å². The zero-order valence-electron chi connectivity index (χ0n) is 6.63. The average molecular weight is 154 g/mol. The van der Waals surface area contributed by atoms with Crippen molar-refractivity contribution in [3.8, 4) is 5.75 Å². The fourth-order valence-electron chi connectivity index (χ4n) is 0.889. The molecule has 0 bridgehead atoms. The quantitative estimate of drug-likeness (QED) is 0.659. The van der Waals surface area contributed by atoms with Crippen LogP contribution in [-0.4, -0.2) is 5.11 Å². The Morgan fingerprint density at radius 1 is 1.36 bits per heavy atom. The van der Waals surface area contributed by atoms with Crippen LogP contribution in [0.1, 0.15) is 25.3 Å². The zero-order chi connectivity index (χ0) is 8.43. The van der Waals surface area contributed by atoms with Crippen molar-refractivity contribution in [1.29, 1.82) is 0 Å². The van der Waals surface area contributed by atoms with Crippen molar-refractivity contribution in [3.05, 3.63) is 29.6 Å². The summed E-state index contributed by atoms with van der Waals surface area (Å²) in [5, 5.41) is 8.97. The van der Waals surface area contributed by atoms with E-state index in [4.69, 9.17) is 5.11 Å². The first-order valence-corrected chi connectivity index (χ1v) is 3.59. The molecule has 0 unspecified atom stereocenters. The van der Waals surface area contributed by atoms with Crippen LogP contribution in [0.25, 0.3) is 0 Å². The molecule has 60 valence electrons. The van der Waals surface area contributed by atoms with Crippen molar-refractivity contribution in [2.45, 2.75) is 19.8 Å². The predicted octanol–water partition coefficient (Wildman–Crippen LogP) is 2.65. The first-order valence-electron chi connectivity index (χ1n) is 3.59. The van der Waals surface area contributed by atoms with Crippen LogP contribution in [0.5, 0.6) is 5.75 Å². The lowest BCUT2D eigenvalue weighted by molar-refractivity contribution is 0.431. The molecule has 0 aliphatic carbocycles. The smallest absolute Gasteiger partial charge is 0.164 e. The van der Waals surface area contributed by atoms with Gasteiger partial charge in [0.2, 0.25) is 0 Å². The van der Waals surface area contributed by atoms with E-state index in [9.17, 15) is 4.39 Å². The van der Waals surface area contributed by atoms with Crippen LogP contribution < -0.4 is 0 Å². The van der Waals surface area contributed by atoms with Crippen LogP contribution in [0.3, 0.4) is 0 Å². The number of phenolic OH excluding ortho intramolecular Hbond substituents is 1. The van der Waals surface area contributed by atoms with Gasteiger partial charge in [0.05, 0.1) is 0 Å². The summed E-state index contributed by atoms with van der Waals surface area (Å²) in [6.45, 7) is 3.99. The lowest BCUT2D eigenvalue weighted by atomic mass is 10.0. The van der Waals surface area contributed by atoms with Crippen LogP contribution in [0.15, 0.2) is 18.2 Å². The van der Waals surface area contributed by atoms with Gasteiger partial charge in [-0.3, -0.25) is 0 Å². The third-order valence-electron chi connectivity index (χ3n) is 1.64. The summed E-state index contributed by atoms with van der Waals surface area (Å²) >= 11 is 0. The Hall–Kier alpha value is -1.05. The minimum atomic E-state index is -0.561. The molecule has 0 saturated heterocycles. The van der Waals surface area contributed by atoms with E-state index in [-0.39, 0.29) is 5.75 Å². The highest BCUT2D eigenvalue weighted by atomic mass is 19.1. The number of rotatable bonds is 1. The number of aromatic hydroxyl groups is 1. The minimum absolute atomic E-state index is 0.267. The van der Waals surface area contributed by atoms with Gasteiger partial charge in [-0.2, -0.15) is 0 Å². The second-order valence-electron chi connectivity index (χ2n) is 2.87. The van der Waals surface area contributed by atoms with Crippen LogP contribution in [-0.2, 0) is 0 Å². The maximum Gasteiger partial charge on any atom is 0.164 e. The summed E-state index contributed by atoms with van der Waals surface area (Å²) in [7, 11) is 0. The van der Waals surface area contributed by atoms with E-state index < -0.39 is 5.82 Å². The van der Waals surface area contributed by atoms with Crippen molar-refractivity contribution >= 4 is 0 Å². The normalized spacial score (nSPS) is 10.5. The number of halogens is 1. The molecular formula is C9H11FO. The summed E-state index contributed by atoms with van der Waals surface area (Å²) in [5.41, 5.74) is 0.948. The Bertz CT molecular complexity index is 256. The Morgan fingerprint density at radius 3 is 2.45 bits per heavy atom. The van der Waals surface area contributed by atoms with Gasteiger partial charge in [-0.25, -0.2) is 4.39 Å². The zero-order valence-corrected chi connectivity index (χ0v) is 6.63. The van der Waals surface area contributed by atoms with Gasteiger partial charge in [-0.15, -0.1) is 0 Å². The number of hydrogen-bond acceptors (Lipinski definition) is 1. The molecule has 0 aromatic heterocycles. The molecule has 11 heavy (non-hydrogen) atoms. The highest BCUT2D eigenvalue weighted by Gasteiger charge is 2.03. The average Bonchev–Trinajstić information content (AvgIpc) is 1.94. The molecule has 0 atom stereocenters. The lowest BCUT2D eigenvalue weighted by Gasteiger charge is -2.04. The van der Waals surface area contributed by atoms with E-state index in [1.807, 2.05) is 13.8 Å². The molecule has 0 amide bonds. The van der Waals surface area contributed by atoms with Gasteiger partial charge in [0, 0.05) is 0 Å². The van der Waals surface area contributed by atoms with Gasteiger partial charge in [0.15, 0.2) is 11.6 Å². The standard InChI is InChI=1S/C9H11FO/c1-6(2)7-3-4-8(10)9(11)5-7/h3-6,11H,1-2H3. The molecule has 0 spiro atoms. The van der Waals surface area contributed by atoms with E-state index in [1.54, 1.807) is 6.07 Å². The third-order valence-corrected chi connectivity index (χ3v) is 1.64. The van der Waals surface area contributed by atoms with E-state index >= 15 is 0 Å². The summed E-state index contributed by atoms with van der Waals surface area (Å²) in [6, 6.07) is 4.42. The first-order chi connectivity index (χ1) is 5.11. The van der Waals surface area contributed by atoms with Crippen molar-refractivity contribution in [2.24, 2.45) is 0 Å². The molecule has 1 nitrogen and oxygen atoms in total. The molecule has 1 aromatic rings. The second kappa shape index (κ2) is 2.91. The maximum atomic E-state index is 12.5. The van der Waals surface area contributed by atoms with E-state index in [0.717, 1.165) is 5.56 Å². The third kappa shape index (κ3) is 1.70. The van der Waals surface area contributed by atoms with Gasteiger partial charge < -0.3 is 5.11 Å². The summed E-state index contributed by atoms with van der Waals surface area (Å²) < 4.78 is 12.5. The topological polar surface area (TPSA) is 20.2 Å². The van der Waals surface area contributed by atoms with E-state index in [0.29, 0.717) is 5.92 Å². The molecule has 2 heteroatoms. The highest BCUT2D eigenvalue weighted by molar-refractivity contribution is 5.30. The van der Waals surface area contributed by atoms with Crippen molar-refractivity contribution < 1.29 is 9.50 Å². The van der Waals surface area contributed by atoms with Crippen molar-refractivity contribution in [3.63, 3.8) is 0 Å². The number of benzene rings is 1. The largest absolute Gasteiger partial charge is 0.505 e. The Balaban J connectivity index is 3.05. The van der Waals surface area contributed by atoms with E-state index in [1.165, 1.54) is 12.1 Å².